The van der Waals surface area contributed by atoms with Crippen LogP contribution in [0.25, 0.3) is 0 Å². The minimum atomic E-state index is -0.0577. The normalized spacial score (nSPS) is 10.4. The summed E-state index contributed by atoms with van der Waals surface area (Å²) in [5, 5.41) is 7.39. The molecule has 0 N–H and O–H groups in total. The molecule has 1 heterocycles. The lowest BCUT2D eigenvalue weighted by molar-refractivity contribution is 0.457. The van der Waals surface area contributed by atoms with Crippen LogP contribution in [0.4, 0.5) is 0 Å². The van der Waals surface area contributed by atoms with Crippen molar-refractivity contribution < 1.29 is 4.74 Å². The monoisotopic (exact) mass is 353 g/mol. The van der Waals surface area contributed by atoms with Gasteiger partial charge in [0.05, 0.1) is 5.02 Å². The summed E-state index contributed by atoms with van der Waals surface area (Å²) in [4.78, 5) is 3.80. The Hall–Kier alpha value is -0.620. The maximum Gasteiger partial charge on any atom is 0.262 e. The standard InChI is InChI=1S/C9H3BrCl3N3O/c10-4-1-2-6(5(11)3-4)17-8-7(12)15-16-9(13)14-8/h1-3H. The van der Waals surface area contributed by atoms with Gasteiger partial charge < -0.3 is 4.74 Å². The summed E-state index contributed by atoms with van der Waals surface area (Å²) < 4.78 is 6.23. The van der Waals surface area contributed by atoms with Crippen molar-refractivity contribution in [1.29, 1.82) is 0 Å². The molecule has 0 atom stereocenters. The Balaban J connectivity index is 2.34. The molecule has 0 bridgehead atoms. The predicted octanol–water partition coefficient (Wildman–Crippen LogP) is 4.39. The van der Waals surface area contributed by atoms with E-state index in [1.54, 1.807) is 18.2 Å². The maximum absolute atomic E-state index is 5.98. The van der Waals surface area contributed by atoms with Gasteiger partial charge in [-0.05, 0) is 29.8 Å². The largest absolute Gasteiger partial charge is 0.435 e. The zero-order chi connectivity index (χ0) is 12.4. The highest BCUT2D eigenvalue weighted by Crippen LogP contribution is 2.33. The molecule has 0 radical (unpaired) electrons. The number of nitrogens with zero attached hydrogens (tertiary/aromatic N) is 3. The molecule has 88 valence electrons. The second-order valence-electron chi connectivity index (χ2n) is 2.85. The van der Waals surface area contributed by atoms with E-state index in [0.717, 1.165) is 4.47 Å². The number of rotatable bonds is 2. The fourth-order valence-corrected chi connectivity index (χ4v) is 1.95. The van der Waals surface area contributed by atoms with Crippen LogP contribution in [0.2, 0.25) is 15.5 Å². The summed E-state index contributed by atoms with van der Waals surface area (Å²) in [6.07, 6.45) is 0. The highest BCUT2D eigenvalue weighted by Gasteiger charge is 2.11. The van der Waals surface area contributed by atoms with Crippen LogP contribution >= 0.6 is 50.7 Å². The van der Waals surface area contributed by atoms with E-state index in [2.05, 4.69) is 31.1 Å². The Bertz CT molecular complexity index is 567. The molecule has 17 heavy (non-hydrogen) atoms. The third kappa shape index (κ3) is 3.19. The summed E-state index contributed by atoms with van der Waals surface area (Å²) in [5.74, 6) is 0.448. The SMILES string of the molecule is Clc1nnc(Cl)c(Oc2ccc(Br)cc2Cl)n1. The summed E-state index contributed by atoms with van der Waals surface area (Å²) in [5.41, 5.74) is 0. The van der Waals surface area contributed by atoms with Gasteiger partial charge in [-0.1, -0.05) is 39.1 Å². The molecule has 0 amide bonds. The Morgan fingerprint density at radius 1 is 1.12 bits per heavy atom. The van der Waals surface area contributed by atoms with Crippen molar-refractivity contribution in [3.8, 4) is 11.6 Å². The number of hydrogen-bond acceptors (Lipinski definition) is 4. The Kier molecular flexibility index (Phi) is 4.04. The third-order valence-corrected chi connectivity index (χ3v) is 2.88. The molecule has 0 aliphatic rings. The fraction of sp³-hybridized carbons (Fsp3) is 0. The van der Waals surface area contributed by atoms with Gasteiger partial charge in [-0.25, -0.2) is 0 Å². The molecule has 0 aliphatic heterocycles. The highest BCUT2D eigenvalue weighted by molar-refractivity contribution is 9.10. The summed E-state index contributed by atoms with van der Waals surface area (Å²) in [6, 6.07) is 5.12. The summed E-state index contributed by atoms with van der Waals surface area (Å²) in [7, 11) is 0. The zero-order valence-corrected chi connectivity index (χ0v) is 11.8. The molecule has 0 aliphatic carbocycles. The second kappa shape index (κ2) is 5.35. The molecule has 1 aromatic carbocycles. The first-order valence-electron chi connectivity index (χ1n) is 4.25. The summed E-state index contributed by atoms with van der Waals surface area (Å²) in [6.45, 7) is 0. The molecular formula is C9H3BrCl3N3O. The molecule has 0 unspecified atom stereocenters. The first kappa shape index (κ1) is 12.8. The lowest BCUT2D eigenvalue weighted by Gasteiger charge is -2.07. The van der Waals surface area contributed by atoms with Gasteiger partial charge in [0.15, 0.2) is 0 Å². The first-order chi connectivity index (χ1) is 8.06. The molecule has 2 aromatic rings. The molecule has 2 rings (SSSR count). The van der Waals surface area contributed by atoms with Crippen molar-refractivity contribution in [2.24, 2.45) is 0 Å². The number of aromatic nitrogens is 3. The molecular weight excluding hydrogens is 352 g/mol. The number of halogens is 4. The molecule has 0 saturated carbocycles. The lowest BCUT2D eigenvalue weighted by Crippen LogP contribution is -1.95. The van der Waals surface area contributed by atoms with E-state index in [0.29, 0.717) is 10.8 Å². The van der Waals surface area contributed by atoms with E-state index in [9.17, 15) is 0 Å². The van der Waals surface area contributed by atoms with Gasteiger partial charge in [0.25, 0.3) is 5.88 Å². The zero-order valence-electron chi connectivity index (χ0n) is 7.99. The average molecular weight is 355 g/mol. The molecule has 4 nitrogen and oxygen atoms in total. The smallest absolute Gasteiger partial charge is 0.262 e. The van der Waals surface area contributed by atoms with E-state index >= 15 is 0 Å². The van der Waals surface area contributed by atoms with Crippen molar-refractivity contribution in [2.45, 2.75) is 0 Å². The van der Waals surface area contributed by atoms with E-state index in [4.69, 9.17) is 39.5 Å². The predicted molar refractivity (Wildman–Crippen MR) is 69.1 cm³/mol. The van der Waals surface area contributed by atoms with E-state index in [-0.39, 0.29) is 16.3 Å². The van der Waals surface area contributed by atoms with Crippen LogP contribution < -0.4 is 4.74 Å². The third-order valence-electron chi connectivity index (χ3n) is 1.69. The van der Waals surface area contributed by atoms with Crippen molar-refractivity contribution in [2.75, 3.05) is 0 Å². The average Bonchev–Trinajstić information content (AvgIpc) is 2.27. The molecule has 1 aromatic heterocycles. The molecule has 0 spiro atoms. The van der Waals surface area contributed by atoms with E-state index in [1.807, 2.05) is 0 Å². The fourth-order valence-electron chi connectivity index (χ4n) is 1.01. The van der Waals surface area contributed by atoms with Crippen LogP contribution in [0.5, 0.6) is 11.6 Å². The van der Waals surface area contributed by atoms with Gasteiger partial charge in [0.2, 0.25) is 10.4 Å². The Morgan fingerprint density at radius 3 is 2.59 bits per heavy atom. The van der Waals surface area contributed by atoms with Crippen LogP contribution in [0.1, 0.15) is 0 Å². The van der Waals surface area contributed by atoms with E-state index < -0.39 is 0 Å². The van der Waals surface area contributed by atoms with Crippen LogP contribution in [0.15, 0.2) is 22.7 Å². The van der Waals surface area contributed by atoms with Crippen LogP contribution in [0, 0.1) is 0 Å². The van der Waals surface area contributed by atoms with Gasteiger partial charge in [0, 0.05) is 4.47 Å². The van der Waals surface area contributed by atoms with Crippen LogP contribution in [-0.4, -0.2) is 15.2 Å². The minimum Gasteiger partial charge on any atom is -0.435 e. The molecule has 8 heteroatoms. The van der Waals surface area contributed by atoms with Gasteiger partial charge >= 0.3 is 0 Å². The molecule has 0 fully saturated rings. The van der Waals surface area contributed by atoms with Crippen molar-refractivity contribution >= 4 is 50.7 Å². The second-order valence-corrected chi connectivity index (χ2v) is 4.87. The van der Waals surface area contributed by atoms with Crippen LogP contribution in [0.3, 0.4) is 0 Å². The topological polar surface area (TPSA) is 47.9 Å². The summed E-state index contributed by atoms with van der Waals surface area (Å²) >= 11 is 20.6. The quantitative estimate of drug-likeness (QED) is 0.802. The van der Waals surface area contributed by atoms with E-state index in [1.165, 1.54) is 0 Å². The Morgan fingerprint density at radius 2 is 1.88 bits per heavy atom. The van der Waals surface area contributed by atoms with Crippen LogP contribution in [-0.2, 0) is 0 Å². The van der Waals surface area contributed by atoms with Gasteiger partial charge in [-0.3, -0.25) is 0 Å². The van der Waals surface area contributed by atoms with Gasteiger partial charge in [-0.15, -0.1) is 10.2 Å². The van der Waals surface area contributed by atoms with Gasteiger partial charge in [0.1, 0.15) is 5.75 Å². The van der Waals surface area contributed by atoms with Gasteiger partial charge in [-0.2, -0.15) is 4.98 Å². The maximum atomic E-state index is 5.98. The Labute approximate surface area is 120 Å². The lowest BCUT2D eigenvalue weighted by atomic mass is 10.3. The first-order valence-corrected chi connectivity index (χ1v) is 6.17. The number of ether oxygens (including phenoxy) is 1. The number of benzene rings is 1. The highest BCUT2D eigenvalue weighted by atomic mass is 79.9. The number of hydrogen-bond donors (Lipinski definition) is 0. The minimum absolute atomic E-state index is 0.00776. The van der Waals surface area contributed by atoms with Crippen molar-refractivity contribution in [3.05, 3.63) is 38.1 Å². The molecule has 0 saturated heterocycles. The van der Waals surface area contributed by atoms with Crippen molar-refractivity contribution in [1.82, 2.24) is 15.2 Å². The van der Waals surface area contributed by atoms with Crippen molar-refractivity contribution in [3.63, 3.8) is 0 Å².